The van der Waals surface area contributed by atoms with Crippen molar-refractivity contribution in [1.82, 2.24) is 4.90 Å². The molecule has 3 N–H and O–H groups in total. The molecule has 1 rings (SSSR count). The molecule has 0 aliphatic carbocycles. The van der Waals surface area contributed by atoms with Gasteiger partial charge in [0.2, 0.25) is 0 Å². The lowest BCUT2D eigenvalue weighted by Crippen LogP contribution is -2.40. The molecule has 1 aromatic rings. The predicted octanol–water partition coefficient (Wildman–Crippen LogP) is 0.539. The lowest BCUT2D eigenvalue weighted by molar-refractivity contribution is -0.134. The number of carbonyl (C=O) groups is 1. The predicted molar refractivity (Wildman–Crippen MR) is 77.1 cm³/mol. The zero-order chi connectivity index (χ0) is 14.4. The molecule has 19 heavy (non-hydrogen) atoms. The van der Waals surface area contributed by atoms with Crippen molar-refractivity contribution in [3.8, 4) is 5.75 Å². The second-order valence-electron chi connectivity index (χ2n) is 4.19. The van der Waals surface area contributed by atoms with Crippen LogP contribution in [0, 0.1) is 0 Å². The molecule has 0 saturated carbocycles. The Bertz CT molecular complexity index is 465. The van der Waals surface area contributed by atoms with Gasteiger partial charge in [0.1, 0.15) is 10.7 Å². The fraction of sp³-hybridized carbons (Fsp3) is 0.385. The quantitative estimate of drug-likeness (QED) is 0.745. The van der Waals surface area contributed by atoms with E-state index in [1.807, 2.05) is 0 Å². The fourth-order valence-corrected chi connectivity index (χ4v) is 1.57. The molecule has 1 amide bonds. The SMILES string of the molecule is CC(CO)N(C)C(=O)COc1ccccc1C(N)=S. The number of hydrogen-bond acceptors (Lipinski definition) is 4. The van der Waals surface area contributed by atoms with E-state index in [2.05, 4.69) is 0 Å². The van der Waals surface area contributed by atoms with Crippen molar-refractivity contribution in [3.63, 3.8) is 0 Å². The van der Waals surface area contributed by atoms with Gasteiger partial charge in [-0.25, -0.2) is 0 Å². The van der Waals surface area contributed by atoms with E-state index < -0.39 is 0 Å². The highest BCUT2D eigenvalue weighted by Gasteiger charge is 2.16. The van der Waals surface area contributed by atoms with Crippen molar-refractivity contribution >= 4 is 23.1 Å². The molecule has 0 aliphatic rings. The lowest BCUT2D eigenvalue weighted by atomic mass is 10.2. The van der Waals surface area contributed by atoms with Crippen LogP contribution in [0.25, 0.3) is 0 Å². The van der Waals surface area contributed by atoms with Crippen LogP contribution in [0.1, 0.15) is 12.5 Å². The van der Waals surface area contributed by atoms with Crippen LogP contribution < -0.4 is 10.5 Å². The van der Waals surface area contributed by atoms with Crippen LogP contribution in [-0.2, 0) is 4.79 Å². The van der Waals surface area contributed by atoms with Crippen molar-refractivity contribution in [2.75, 3.05) is 20.3 Å². The molecule has 0 bridgehead atoms. The summed E-state index contributed by atoms with van der Waals surface area (Å²) in [5.41, 5.74) is 6.17. The average Bonchev–Trinajstić information content (AvgIpc) is 2.43. The summed E-state index contributed by atoms with van der Waals surface area (Å²) in [7, 11) is 1.62. The van der Waals surface area contributed by atoms with Crippen LogP contribution in [-0.4, -0.2) is 47.2 Å². The summed E-state index contributed by atoms with van der Waals surface area (Å²) in [5, 5.41) is 8.99. The maximum Gasteiger partial charge on any atom is 0.260 e. The van der Waals surface area contributed by atoms with Crippen LogP contribution in [0.5, 0.6) is 5.75 Å². The van der Waals surface area contributed by atoms with E-state index in [1.54, 1.807) is 38.2 Å². The van der Waals surface area contributed by atoms with E-state index >= 15 is 0 Å². The monoisotopic (exact) mass is 282 g/mol. The Labute approximate surface area is 118 Å². The maximum absolute atomic E-state index is 11.8. The van der Waals surface area contributed by atoms with E-state index in [9.17, 15) is 4.79 Å². The molecule has 6 heteroatoms. The Morgan fingerprint density at radius 2 is 2.16 bits per heavy atom. The largest absolute Gasteiger partial charge is 0.483 e. The standard InChI is InChI=1S/C13H18N2O3S/c1-9(7-16)15(2)12(17)8-18-11-6-4-3-5-10(11)13(14)19/h3-6,9,16H,7-8H2,1-2H3,(H2,14,19). The van der Waals surface area contributed by atoms with Gasteiger partial charge in [-0.3, -0.25) is 4.79 Å². The van der Waals surface area contributed by atoms with Crippen molar-refractivity contribution in [1.29, 1.82) is 0 Å². The second kappa shape index (κ2) is 7.06. The lowest BCUT2D eigenvalue weighted by Gasteiger charge is -2.23. The molecular weight excluding hydrogens is 264 g/mol. The number of nitrogens with zero attached hydrogens (tertiary/aromatic N) is 1. The topological polar surface area (TPSA) is 75.8 Å². The summed E-state index contributed by atoms with van der Waals surface area (Å²) >= 11 is 4.91. The number of carbonyl (C=O) groups excluding carboxylic acids is 1. The molecule has 0 spiro atoms. The highest BCUT2D eigenvalue weighted by molar-refractivity contribution is 7.80. The first-order chi connectivity index (χ1) is 8.97. The normalized spacial score (nSPS) is 11.7. The van der Waals surface area contributed by atoms with Gasteiger partial charge in [0, 0.05) is 7.05 Å². The summed E-state index contributed by atoms with van der Waals surface area (Å²) in [6.45, 7) is 1.53. The van der Waals surface area contributed by atoms with Gasteiger partial charge in [0.15, 0.2) is 6.61 Å². The van der Waals surface area contributed by atoms with Crippen molar-refractivity contribution < 1.29 is 14.6 Å². The highest BCUT2D eigenvalue weighted by Crippen LogP contribution is 2.17. The van der Waals surface area contributed by atoms with Crippen molar-refractivity contribution in [2.45, 2.75) is 13.0 Å². The fourth-order valence-electron chi connectivity index (χ4n) is 1.41. The van der Waals surface area contributed by atoms with Gasteiger partial charge >= 0.3 is 0 Å². The average molecular weight is 282 g/mol. The van der Waals surface area contributed by atoms with Gasteiger partial charge in [-0.1, -0.05) is 24.4 Å². The van der Waals surface area contributed by atoms with Gasteiger partial charge in [-0.2, -0.15) is 0 Å². The Hall–Kier alpha value is -1.66. The Morgan fingerprint density at radius 3 is 2.74 bits per heavy atom. The zero-order valence-electron chi connectivity index (χ0n) is 11.0. The van der Waals surface area contributed by atoms with Crippen LogP contribution in [0.2, 0.25) is 0 Å². The minimum absolute atomic E-state index is 0.0916. The summed E-state index contributed by atoms with van der Waals surface area (Å²) < 4.78 is 5.44. The molecule has 0 radical (unpaired) electrons. The van der Waals surface area contributed by atoms with E-state index in [1.165, 1.54) is 4.90 Å². The van der Waals surface area contributed by atoms with Gasteiger partial charge in [-0.15, -0.1) is 0 Å². The number of likely N-dealkylation sites (N-methyl/N-ethyl adjacent to an activating group) is 1. The molecule has 0 heterocycles. The van der Waals surface area contributed by atoms with Gasteiger partial charge < -0.3 is 20.5 Å². The number of para-hydroxylation sites is 1. The molecule has 5 nitrogen and oxygen atoms in total. The zero-order valence-corrected chi connectivity index (χ0v) is 11.8. The van der Waals surface area contributed by atoms with E-state index in [0.717, 1.165) is 0 Å². The number of ether oxygens (including phenoxy) is 1. The summed E-state index contributed by atoms with van der Waals surface area (Å²) in [6.07, 6.45) is 0. The second-order valence-corrected chi connectivity index (χ2v) is 4.63. The molecule has 1 unspecified atom stereocenters. The summed E-state index contributed by atoms with van der Waals surface area (Å²) in [5.74, 6) is 0.257. The third-order valence-electron chi connectivity index (χ3n) is 2.82. The van der Waals surface area contributed by atoms with Gasteiger partial charge in [-0.05, 0) is 19.1 Å². The molecular formula is C13H18N2O3S. The first-order valence-electron chi connectivity index (χ1n) is 5.85. The van der Waals surface area contributed by atoms with Crippen LogP contribution >= 0.6 is 12.2 Å². The smallest absolute Gasteiger partial charge is 0.260 e. The first kappa shape index (κ1) is 15.4. The number of aliphatic hydroxyl groups is 1. The molecule has 0 aliphatic heterocycles. The summed E-state index contributed by atoms with van der Waals surface area (Å²) in [6, 6.07) is 6.77. The number of thiocarbonyl (C=S) groups is 1. The maximum atomic E-state index is 11.8. The number of amides is 1. The van der Waals surface area contributed by atoms with Crippen LogP contribution in [0.4, 0.5) is 0 Å². The minimum atomic E-state index is -0.248. The third kappa shape index (κ3) is 4.18. The molecule has 0 saturated heterocycles. The number of nitrogens with two attached hydrogens (primary N) is 1. The Morgan fingerprint density at radius 1 is 1.53 bits per heavy atom. The third-order valence-corrected chi connectivity index (χ3v) is 3.04. The number of aliphatic hydroxyl groups excluding tert-OH is 1. The molecule has 1 atom stereocenters. The van der Waals surface area contributed by atoms with Crippen LogP contribution in [0.15, 0.2) is 24.3 Å². The summed E-state index contributed by atoms with van der Waals surface area (Å²) in [4.78, 5) is 13.5. The number of rotatable bonds is 6. The van der Waals surface area contributed by atoms with Crippen molar-refractivity contribution in [2.24, 2.45) is 5.73 Å². The Kier molecular flexibility index (Phi) is 5.72. The highest BCUT2D eigenvalue weighted by atomic mass is 32.1. The van der Waals surface area contributed by atoms with E-state index in [0.29, 0.717) is 11.3 Å². The van der Waals surface area contributed by atoms with E-state index in [-0.39, 0.29) is 30.2 Å². The first-order valence-corrected chi connectivity index (χ1v) is 6.26. The molecule has 104 valence electrons. The number of benzene rings is 1. The van der Waals surface area contributed by atoms with Gasteiger partial charge in [0.05, 0.1) is 18.2 Å². The molecule has 1 aromatic carbocycles. The van der Waals surface area contributed by atoms with Crippen molar-refractivity contribution in [3.05, 3.63) is 29.8 Å². The van der Waals surface area contributed by atoms with E-state index in [4.69, 9.17) is 27.8 Å². The number of hydrogen-bond donors (Lipinski definition) is 2. The Balaban J connectivity index is 2.67. The minimum Gasteiger partial charge on any atom is -0.483 e. The van der Waals surface area contributed by atoms with Gasteiger partial charge in [0.25, 0.3) is 5.91 Å². The molecule has 0 aromatic heterocycles. The van der Waals surface area contributed by atoms with Crippen LogP contribution in [0.3, 0.4) is 0 Å². The molecule has 0 fully saturated rings.